The number of nitrogens with two attached hydrogens (primary N) is 1. The summed E-state index contributed by atoms with van der Waals surface area (Å²) in [7, 11) is 0. The average molecular weight is 254 g/mol. The number of ether oxygens (including phenoxy) is 1. The fraction of sp³-hybridized carbons (Fsp3) is 0.417. The summed E-state index contributed by atoms with van der Waals surface area (Å²) in [4.78, 5) is 6.45. The predicted molar refractivity (Wildman–Crippen MR) is 70.7 cm³/mol. The van der Waals surface area contributed by atoms with Gasteiger partial charge in [-0.1, -0.05) is 11.6 Å². The van der Waals surface area contributed by atoms with Gasteiger partial charge in [0.15, 0.2) is 0 Å². The maximum atomic E-state index is 5.87. The lowest BCUT2D eigenvalue weighted by molar-refractivity contribution is 0.313. The van der Waals surface area contributed by atoms with Gasteiger partial charge in [-0.25, -0.2) is 4.99 Å². The van der Waals surface area contributed by atoms with Crippen molar-refractivity contribution in [1.29, 1.82) is 0 Å². The van der Waals surface area contributed by atoms with Crippen LogP contribution in [0, 0.1) is 0 Å². The average Bonchev–Trinajstić information content (AvgIpc) is 2.73. The third-order valence-corrected chi connectivity index (χ3v) is 2.99. The van der Waals surface area contributed by atoms with E-state index in [9.17, 15) is 0 Å². The van der Waals surface area contributed by atoms with Crippen LogP contribution >= 0.6 is 11.6 Å². The molecule has 0 spiro atoms. The van der Waals surface area contributed by atoms with Crippen LogP contribution in [0.25, 0.3) is 0 Å². The first-order valence-corrected chi connectivity index (χ1v) is 6.03. The second-order valence-corrected chi connectivity index (χ2v) is 4.38. The predicted octanol–water partition coefficient (Wildman–Crippen LogP) is 1.88. The molecule has 0 unspecified atom stereocenters. The number of aliphatic imine (C=N–C) groups is 1. The van der Waals surface area contributed by atoms with Gasteiger partial charge in [-0.05, 0) is 31.2 Å². The lowest BCUT2D eigenvalue weighted by Crippen LogP contribution is -2.32. The van der Waals surface area contributed by atoms with E-state index in [2.05, 4.69) is 16.8 Å². The van der Waals surface area contributed by atoms with Crippen LogP contribution in [-0.2, 0) is 4.74 Å². The van der Waals surface area contributed by atoms with E-state index in [-0.39, 0.29) is 6.04 Å². The minimum Gasteiger partial charge on any atom is -0.463 e. The van der Waals surface area contributed by atoms with Gasteiger partial charge >= 0.3 is 0 Å². The number of amidine groups is 1. The van der Waals surface area contributed by atoms with Crippen molar-refractivity contribution in [1.82, 2.24) is 0 Å². The number of hydrogen-bond donors (Lipinski definition) is 1. The topological polar surface area (TPSA) is 50.9 Å². The summed E-state index contributed by atoms with van der Waals surface area (Å²) in [6.45, 7) is 4.39. The molecule has 17 heavy (non-hydrogen) atoms. The van der Waals surface area contributed by atoms with Crippen LogP contribution in [0.2, 0.25) is 5.02 Å². The van der Waals surface area contributed by atoms with E-state index >= 15 is 0 Å². The van der Waals surface area contributed by atoms with E-state index in [1.165, 1.54) is 0 Å². The van der Waals surface area contributed by atoms with Crippen molar-refractivity contribution in [2.24, 2.45) is 10.7 Å². The van der Waals surface area contributed by atoms with E-state index in [1.807, 2.05) is 24.3 Å². The van der Waals surface area contributed by atoms with E-state index < -0.39 is 0 Å². The van der Waals surface area contributed by atoms with Crippen LogP contribution in [0.4, 0.5) is 5.69 Å². The van der Waals surface area contributed by atoms with Crippen molar-refractivity contribution in [3.63, 3.8) is 0 Å². The Morgan fingerprint density at radius 2 is 2.18 bits per heavy atom. The summed E-state index contributed by atoms with van der Waals surface area (Å²) < 4.78 is 5.15. The van der Waals surface area contributed by atoms with Crippen LogP contribution in [0.3, 0.4) is 0 Å². The Morgan fingerprint density at radius 1 is 1.47 bits per heavy atom. The maximum absolute atomic E-state index is 5.87. The number of rotatable bonds is 4. The van der Waals surface area contributed by atoms with Gasteiger partial charge in [0.2, 0.25) is 0 Å². The van der Waals surface area contributed by atoms with Gasteiger partial charge in [0.25, 0.3) is 6.02 Å². The lowest BCUT2D eigenvalue weighted by Gasteiger charge is -2.24. The number of hydrogen-bond acceptors (Lipinski definition) is 4. The summed E-state index contributed by atoms with van der Waals surface area (Å²) in [6.07, 6.45) is 0. The summed E-state index contributed by atoms with van der Waals surface area (Å²) in [5.74, 6) is 0. The molecule has 2 N–H and O–H groups in total. The molecule has 0 radical (unpaired) electrons. The molecule has 0 aliphatic carbocycles. The van der Waals surface area contributed by atoms with Gasteiger partial charge in [-0.3, -0.25) is 0 Å². The molecule has 92 valence electrons. The van der Waals surface area contributed by atoms with Crippen LogP contribution in [0.5, 0.6) is 0 Å². The third kappa shape index (κ3) is 3.03. The van der Waals surface area contributed by atoms with Crippen LogP contribution < -0.4 is 10.6 Å². The largest absolute Gasteiger partial charge is 0.463 e. The molecule has 1 aromatic rings. The molecule has 2 rings (SSSR count). The van der Waals surface area contributed by atoms with Gasteiger partial charge in [0.1, 0.15) is 12.6 Å². The minimum atomic E-state index is 0.116. The van der Waals surface area contributed by atoms with E-state index in [1.54, 1.807) is 0 Å². The first-order valence-electron chi connectivity index (χ1n) is 5.65. The Kier molecular flexibility index (Phi) is 3.74. The molecule has 0 saturated heterocycles. The lowest BCUT2D eigenvalue weighted by atomic mass is 10.2. The van der Waals surface area contributed by atoms with Crippen molar-refractivity contribution in [2.45, 2.75) is 13.0 Å². The first kappa shape index (κ1) is 12.0. The van der Waals surface area contributed by atoms with E-state index in [0.29, 0.717) is 12.6 Å². The van der Waals surface area contributed by atoms with Gasteiger partial charge < -0.3 is 15.4 Å². The normalized spacial score (nSPS) is 18.7. The molecule has 0 amide bonds. The zero-order chi connectivity index (χ0) is 12.3. The molecule has 1 heterocycles. The molecule has 1 aliphatic heterocycles. The fourth-order valence-corrected chi connectivity index (χ4v) is 1.98. The Balaban J connectivity index is 2.04. The molecule has 1 atom stereocenters. The molecule has 0 fully saturated rings. The monoisotopic (exact) mass is 253 g/mol. The minimum absolute atomic E-state index is 0.116. The number of anilines is 1. The Hall–Kier alpha value is -1.42. The number of halogens is 1. The first-order chi connectivity index (χ1) is 8.19. The summed E-state index contributed by atoms with van der Waals surface area (Å²) in [6, 6.07) is 8.21. The van der Waals surface area contributed by atoms with Crippen molar-refractivity contribution >= 4 is 23.3 Å². The highest BCUT2D eigenvalue weighted by Gasteiger charge is 2.19. The SMILES string of the molecule is CCN(C[C@H]1COC(N)=N1)c1ccc(Cl)cc1. The van der Waals surface area contributed by atoms with Crippen LogP contribution in [-0.4, -0.2) is 31.8 Å². The van der Waals surface area contributed by atoms with Crippen molar-refractivity contribution in [3.05, 3.63) is 29.3 Å². The van der Waals surface area contributed by atoms with Crippen molar-refractivity contribution in [3.8, 4) is 0 Å². The molecule has 5 heteroatoms. The van der Waals surface area contributed by atoms with E-state index in [4.69, 9.17) is 22.1 Å². The van der Waals surface area contributed by atoms with Crippen molar-refractivity contribution < 1.29 is 4.74 Å². The molecule has 0 saturated carbocycles. The van der Waals surface area contributed by atoms with Crippen molar-refractivity contribution in [2.75, 3.05) is 24.6 Å². The van der Waals surface area contributed by atoms with Crippen LogP contribution in [0.1, 0.15) is 6.92 Å². The Bertz CT molecular complexity index is 405. The molecule has 1 aromatic carbocycles. The number of likely N-dealkylation sites (N-methyl/N-ethyl adjacent to an activating group) is 1. The van der Waals surface area contributed by atoms with Crippen LogP contribution in [0.15, 0.2) is 29.3 Å². The van der Waals surface area contributed by atoms with E-state index in [0.717, 1.165) is 23.8 Å². The molecular formula is C12H16ClN3O. The Labute approximate surface area is 106 Å². The second-order valence-electron chi connectivity index (χ2n) is 3.95. The summed E-state index contributed by atoms with van der Waals surface area (Å²) >= 11 is 5.87. The zero-order valence-corrected chi connectivity index (χ0v) is 10.5. The van der Waals surface area contributed by atoms with Gasteiger partial charge in [0, 0.05) is 23.8 Å². The molecule has 0 bridgehead atoms. The maximum Gasteiger partial charge on any atom is 0.282 e. The molecule has 0 aromatic heterocycles. The second kappa shape index (κ2) is 5.27. The molecule has 4 nitrogen and oxygen atoms in total. The third-order valence-electron chi connectivity index (χ3n) is 2.74. The highest BCUT2D eigenvalue weighted by molar-refractivity contribution is 6.30. The zero-order valence-electron chi connectivity index (χ0n) is 9.77. The molecular weight excluding hydrogens is 238 g/mol. The fourth-order valence-electron chi connectivity index (χ4n) is 1.85. The summed E-state index contributed by atoms with van der Waals surface area (Å²) in [5.41, 5.74) is 6.63. The smallest absolute Gasteiger partial charge is 0.282 e. The number of benzene rings is 1. The highest BCUT2D eigenvalue weighted by Crippen LogP contribution is 2.19. The standard InChI is InChI=1S/C12H16ClN3O/c1-2-16(7-10-8-17-12(14)15-10)11-5-3-9(13)4-6-11/h3-6,10H,2,7-8H2,1H3,(H2,14,15)/t10-/m0/s1. The van der Waals surface area contributed by atoms with Gasteiger partial charge in [-0.15, -0.1) is 0 Å². The Morgan fingerprint density at radius 3 is 2.71 bits per heavy atom. The van der Waals surface area contributed by atoms with Gasteiger partial charge in [-0.2, -0.15) is 0 Å². The highest BCUT2D eigenvalue weighted by atomic mass is 35.5. The summed E-state index contributed by atoms with van der Waals surface area (Å²) in [5, 5.41) is 0.747. The van der Waals surface area contributed by atoms with Gasteiger partial charge in [0.05, 0.1) is 0 Å². The molecule has 1 aliphatic rings. The quantitative estimate of drug-likeness (QED) is 0.892. The number of nitrogens with zero attached hydrogens (tertiary/aromatic N) is 2.